The van der Waals surface area contributed by atoms with E-state index < -0.39 is 5.97 Å². The van der Waals surface area contributed by atoms with Crippen LogP contribution in [0, 0.1) is 6.57 Å². The lowest BCUT2D eigenvalue weighted by atomic mass is 10.1. The first kappa shape index (κ1) is 20.0. The van der Waals surface area contributed by atoms with Gasteiger partial charge in [0.15, 0.2) is 0 Å². The highest BCUT2D eigenvalue weighted by atomic mass is 16.5. The third-order valence-corrected chi connectivity index (χ3v) is 4.41. The van der Waals surface area contributed by atoms with Gasteiger partial charge in [-0.3, -0.25) is 9.48 Å². The average molecular weight is 418 g/mol. The van der Waals surface area contributed by atoms with Crippen LogP contribution in [0.15, 0.2) is 41.2 Å². The lowest BCUT2D eigenvalue weighted by molar-refractivity contribution is -0.137. The minimum atomic E-state index is -0.876. The molecular formula is C21H18N6O4. The molecule has 0 atom stereocenters. The van der Waals surface area contributed by atoms with Crippen LogP contribution in [0.25, 0.3) is 38.6 Å². The van der Waals surface area contributed by atoms with Crippen LogP contribution in [0.3, 0.4) is 0 Å². The van der Waals surface area contributed by atoms with E-state index >= 15 is 0 Å². The minimum absolute atomic E-state index is 0.00559. The molecule has 0 amide bonds. The molecule has 156 valence electrons. The van der Waals surface area contributed by atoms with Crippen molar-refractivity contribution in [3.63, 3.8) is 0 Å². The van der Waals surface area contributed by atoms with Gasteiger partial charge in [-0.25, -0.2) is 9.83 Å². The number of benzene rings is 1. The van der Waals surface area contributed by atoms with Gasteiger partial charge >= 0.3 is 5.97 Å². The zero-order valence-electron chi connectivity index (χ0n) is 16.8. The van der Waals surface area contributed by atoms with Crippen molar-refractivity contribution in [1.82, 2.24) is 24.9 Å². The van der Waals surface area contributed by atoms with E-state index in [9.17, 15) is 4.79 Å². The molecular weight excluding hydrogens is 400 g/mol. The van der Waals surface area contributed by atoms with Crippen LogP contribution in [0.1, 0.15) is 20.3 Å². The number of carboxylic acids is 1. The molecule has 4 rings (SSSR count). The number of carbonyl (C=O) groups is 1. The second-order valence-corrected chi connectivity index (χ2v) is 7.03. The molecule has 31 heavy (non-hydrogen) atoms. The lowest BCUT2D eigenvalue weighted by Gasteiger charge is -2.10. The maximum absolute atomic E-state index is 10.8. The third kappa shape index (κ3) is 4.20. The Labute approximate surface area is 176 Å². The molecule has 0 aliphatic rings. The Balaban J connectivity index is 1.61. The van der Waals surface area contributed by atoms with Gasteiger partial charge in [-0.2, -0.15) is 10.1 Å². The first-order chi connectivity index (χ1) is 14.9. The summed E-state index contributed by atoms with van der Waals surface area (Å²) >= 11 is 0. The lowest BCUT2D eigenvalue weighted by Crippen LogP contribution is -2.06. The third-order valence-electron chi connectivity index (χ3n) is 4.41. The van der Waals surface area contributed by atoms with Crippen LogP contribution < -0.4 is 4.74 Å². The highest BCUT2D eigenvalue weighted by molar-refractivity contribution is 5.83. The summed E-state index contributed by atoms with van der Waals surface area (Å²) in [6.07, 6.45) is 3.09. The molecule has 0 saturated carbocycles. The van der Waals surface area contributed by atoms with E-state index in [4.69, 9.17) is 20.9 Å². The summed E-state index contributed by atoms with van der Waals surface area (Å²) in [7, 11) is 0. The van der Waals surface area contributed by atoms with Crippen molar-refractivity contribution in [1.29, 1.82) is 0 Å². The number of aliphatic carboxylic acids is 1. The summed E-state index contributed by atoms with van der Waals surface area (Å²) in [6.45, 7) is 11.4. The van der Waals surface area contributed by atoms with Crippen LogP contribution in [0.5, 0.6) is 5.88 Å². The van der Waals surface area contributed by atoms with Crippen molar-refractivity contribution in [2.75, 3.05) is 0 Å². The molecule has 0 unspecified atom stereocenters. The highest BCUT2D eigenvalue weighted by Crippen LogP contribution is 2.31. The van der Waals surface area contributed by atoms with Gasteiger partial charge in [-0.15, -0.1) is 0 Å². The van der Waals surface area contributed by atoms with Crippen LogP contribution in [0.2, 0.25) is 0 Å². The first-order valence-electron chi connectivity index (χ1n) is 9.50. The number of aryl methyl sites for hydroxylation is 1. The van der Waals surface area contributed by atoms with Gasteiger partial charge in [0.05, 0.1) is 37.4 Å². The number of rotatable bonds is 7. The molecule has 0 bridgehead atoms. The van der Waals surface area contributed by atoms with Crippen molar-refractivity contribution in [2.24, 2.45) is 0 Å². The fourth-order valence-electron chi connectivity index (χ4n) is 3.02. The van der Waals surface area contributed by atoms with E-state index in [1.54, 1.807) is 16.9 Å². The van der Waals surface area contributed by atoms with Crippen LogP contribution >= 0.6 is 0 Å². The summed E-state index contributed by atoms with van der Waals surface area (Å²) in [5.41, 5.74) is 2.32. The monoisotopic (exact) mass is 418 g/mol. The Morgan fingerprint density at radius 1 is 1.29 bits per heavy atom. The average Bonchev–Trinajstić information content (AvgIpc) is 3.39. The van der Waals surface area contributed by atoms with E-state index in [1.165, 1.54) is 6.20 Å². The Morgan fingerprint density at radius 2 is 2.13 bits per heavy atom. The fraction of sp³-hybridized carbons (Fsp3) is 0.238. The molecule has 1 N–H and O–H groups in total. The van der Waals surface area contributed by atoms with Crippen LogP contribution in [0.4, 0.5) is 5.69 Å². The largest absolute Gasteiger partial charge is 0.484 e. The minimum Gasteiger partial charge on any atom is -0.484 e. The Kier molecular flexibility index (Phi) is 5.32. The molecule has 10 nitrogen and oxygen atoms in total. The number of aromatic nitrogens is 5. The molecule has 10 heteroatoms. The number of hydrogen-bond donors (Lipinski definition) is 1. The standard InChI is InChI=1S/C21H18N6O4/c1-12(2)30-21-16(22-3)9-15(10-23-21)20-25-19(26-31-20)13-4-5-17-14(8-13)11-24-27(17)7-6-18(28)29/h4-5,8-12H,6-7H2,1-2H3,(H,28,29). The van der Waals surface area contributed by atoms with Crippen molar-refractivity contribution < 1.29 is 19.2 Å². The van der Waals surface area contributed by atoms with Gasteiger partial charge in [-0.05, 0) is 38.1 Å². The highest BCUT2D eigenvalue weighted by Gasteiger charge is 2.16. The van der Waals surface area contributed by atoms with Crippen molar-refractivity contribution in [3.05, 3.63) is 48.1 Å². The summed E-state index contributed by atoms with van der Waals surface area (Å²) in [5, 5.41) is 18.0. The number of carboxylic acid groups (broad SMARTS) is 1. The van der Waals surface area contributed by atoms with Crippen molar-refractivity contribution in [2.45, 2.75) is 32.9 Å². The molecule has 0 aliphatic carbocycles. The van der Waals surface area contributed by atoms with Gasteiger partial charge in [-0.1, -0.05) is 5.16 Å². The maximum Gasteiger partial charge on any atom is 0.305 e. The van der Waals surface area contributed by atoms with Gasteiger partial charge in [0.25, 0.3) is 5.89 Å². The predicted octanol–water partition coefficient (Wildman–Crippen LogP) is 3.96. The summed E-state index contributed by atoms with van der Waals surface area (Å²) in [4.78, 5) is 22.9. The van der Waals surface area contributed by atoms with E-state index in [2.05, 4.69) is 25.1 Å². The van der Waals surface area contributed by atoms with E-state index in [0.717, 1.165) is 16.5 Å². The zero-order valence-corrected chi connectivity index (χ0v) is 16.8. The van der Waals surface area contributed by atoms with E-state index in [1.807, 2.05) is 32.0 Å². The van der Waals surface area contributed by atoms with E-state index in [0.29, 0.717) is 11.4 Å². The number of ether oxygens (including phenoxy) is 1. The van der Waals surface area contributed by atoms with Crippen molar-refractivity contribution in [3.8, 4) is 28.7 Å². The first-order valence-corrected chi connectivity index (χ1v) is 9.50. The zero-order chi connectivity index (χ0) is 22.0. The van der Waals surface area contributed by atoms with Gasteiger partial charge < -0.3 is 14.4 Å². The molecule has 0 fully saturated rings. The quantitative estimate of drug-likeness (QED) is 0.448. The second kappa shape index (κ2) is 8.23. The Hall–Kier alpha value is -4.26. The van der Waals surface area contributed by atoms with Crippen LogP contribution in [-0.4, -0.2) is 42.1 Å². The molecule has 3 aromatic heterocycles. The SMILES string of the molecule is [C-]#[N+]c1cc(-c2nc(-c3ccc4c(cnn4CCC(=O)O)c3)no2)cnc1OC(C)C. The number of pyridine rings is 1. The molecule has 0 saturated heterocycles. The fourth-order valence-corrected chi connectivity index (χ4v) is 3.02. The Bertz CT molecular complexity index is 1300. The van der Waals surface area contributed by atoms with Crippen molar-refractivity contribution >= 4 is 22.6 Å². The summed E-state index contributed by atoms with van der Waals surface area (Å²) in [6, 6.07) is 7.12. The van der Waals surface area contributed by atoms with E-state index in [-0.39, 0.29) is 36.5 Å². The van der Waals surface area contributed by atoms with Gasteiger partial charge in [0, 0.05) is 22.7 Å². The molecule has 1 aromatic carbocycles. The number of nitrogens with zero attached hydrogens (tertiary/aromatic N) is 6. The maximum atomic E-state index is 10.8. The number of hydrogen-bond acceptors (Lipinski definition) is 7. The molecule has 0 aliphatic heterocycles. The topological polar surface area (TPSA) is 121 Å². The molecule has 0 spiro atoms. The smallest absolute Gasteiger partial charge is 0.305 e. The van der Waals surface area contributed by atoms with Crippen LogP contribution in [-0.2, 0) is 11.3 Å². The second-order valence-electron chi connectivity index (χ2n) is 7.03. The molecule has 4 aromatic rings. The normalized spacial score (nSPS) is 11.0. The number of fused-ring (bicyclic) bond motifs is 1. The summed E-state index contributed by atoms with van der Waals surface area (Å²) in [5.74, 6) is 0.000847. The predicted molar refractivity (Wildman–Crippen MR) is 111 cm³/mol. The van der Waals surface area contributed by atoms with Gasteiger partial charge in [0.2, 0.25) is 17.4 Å². The summed E-state index contributed by atoms with van der Waals surface area (Å²) < 4.78 is 12.6. The molecule has 0 radical (unpaired) electrons. The van der Waals surface area contributed by atoms with Gasteiger partial charge in [0.1, 0.15) is 0 Å². The molecule has 3 heterocycles. The Morgan fingerprint density at radius 3 is 2.87 bits per heavy atom.